The number of nitrogens with one attached hydrogen (secondary N) is 1. The number of amides is 2. The smallest absolute Gasteiger partial charge is 0.308 e. The highest BCUT2D eigenvalue weighted by atomic mass is 79.9. The first-order valence-electron chi connectivity index (χ1n) is 8.74. The van der Waals surface area contributed by atoms with Gasteiger partial charge in [0.2, 0.25) is 0 Å². The Labute approximate surface area is 168 Å². The van der Waals surface area contributed by atoms with Gasteiger partial charge in [-0.2, -0.15) is 0 Å². The van der Waals surface area contributed by atoms with Gasteiger partial charge < -0.3 is 5.32 Å². The Balaban J connectivity index is 1.78. The van der Waals surface area contributed by atoms with E-state index in [1.165, 1.54) is 0 Å². The zero-order valence-electron chi connectivity index (χ0n) is 15.1. The lowest BCUT2D eigenvalue weighted by molar-refractivity contribution is 0.257. The van der Waals surface area contributed by atoms with E-state index in [1.54, 1.807) is 4.90 Å². The number of carbonyl (C=O) groups excluding carboxylic acids is 1. The summed E-state index contributed by atoms with van der Waals surface area (Å²) in [6.07, 6.45) is 4.02. The summed E-state index contributed by atoms with van der Waals surface area (Å²) < 4.78 is 0.974. The quantitative estimate of drug-likeness (QED) is 0.501. The van der Waals surface area contributed by atoms with Crippen LogP contribution in [-0.2, 0) is 0 Å². The summed E-state index contributed by atoms with van der Waals surface area (Å²) in [5.74, 6) is 0. The van der Waals surface area contributed by atoms with Crippen LogP contribution in [0.3, 0.4) is 0 Å². The summed E-state index contributed by atoms with van der Waals surface area (Å²) in [6.45, 7) is 2.51. The van der Waals surface area contributed by atoms with Crippen LogP contribution < -0.4 is 10.2 Å². The molecule has 136 valence electrons. The van der Waals surface area contributed by atoms with Crippen molar-refractivity contribution in [2.75, 3.05) is 16.8 Å². The third kappa shape index (κ3) is 5.56. The van der Waals surface area contributed by atoms with Gasteiger partial charge in [0.15, 0.2) is 0 Å². The van der Waals surface area contributed by atoms with Crippen LogP contribution in [0.4, 0.5) is 16.2 Å². The SMILES string of the molecule is Cc1ccc(N(CC=Cc2ccccc2)C(=O)Nc2ccc(Br)cc2)cc1. The Bertz CT molecular complexity index is 903. The van der Waals surface area contributed by atoms with Gasteiger partial charge in [-0.1, -0.05) is 76.1 Å². The highest BCUT2D eigenvalue weighted by molar-refractivity contribution is 9.10. The molecule has 0 fully saturated rings. The molecule has 3 aromatic carbocycles. The number of hydrogen-bond acceptors (Lipinski definition) is 1. The second-order valence-corrected chi connectivity index (χ2v) is 7.11. The van der Waals surface area contributed by atoms with Crippen molar-refractivity contribution in [3.63, 3.8) is 0 Å². The molecule has 27 heavy (non-hydrogen) atoms. The minimum Gasteiger partial charge on any atom is -0.308 e. The number of anilines is 2. The monoisotopic (exact) mass is 420 g/mol. The lowest BCUT2D eigenvalue weighted by Gasteiger charge is -2.22. The summed E-state index contributed by atoms with van der Waals surface area (Å²) in [5.41, 5.74) is 3.88. The molecule has 0 aliphatic carbocycles. The molecule has 0 saturated heterocycles. The number of rotatable bonds is 5. The molecule has 0 aromatic heterocycles. The molecule has 0 saturated carbocycles. The average molecular weight is 421 g/mol. The van der Waals surface area contributed by atoms with Gasteiger partial charge in [-0.15, -0.1) is 0 Å². The van der Waals surface area contributed by atoms with Gasteiger partial charge in [0, 0.05) is 22.4 Å². The second-order valence-electron chi connectivity index (χ2n) is 6.20. The van der Waals surface area contributed by atoms with Crippen molar-refractivity contribution in [1.82, 2.24) is 0 Å². The first kappa shape index (κ1) is 18.9. The van der Waals surface area contributed by atoms with Gasteiger partial charge in [-0.05, 0) is 48.9 Å². The van der Waals surface area contributed by atoms with Gasteiger partial charge in [0.25, 0.3) is 0 Å². The molecule has 4 heteroatoms. The predicted molar refractivity (Wildman–Crippen MR) is 117 cm³/mol. The zero-order chi connectivity index (χ0) is 19.1. The van der Waals surface area contributed by atoms with Gasteiger partial charge in [-0.25, -0.2) is 4.79 Å². The third-order valence-electron chi connectivity index (χ3n) is 4.08. The standard InChI is InChI=1S/C23H21BrN2O/c1-18-9-15-22(16-10-18)26(17-5-8-19-6-3-2-4-7-19)23(27)25-21-13-11-20(24)12-14-21/h2-16H,17H2,1H3,(H,25,27). The van der Waals surface area contributed by atoms with Crippen LogP contribution in [0.25, 0.3) is 6.08 Å². The first-order valence-corrected chi connectivity index (χ1v) is 9.53. The molecule has 3 nitrogen and oxygen atoms in total. The number of aryl methyl sites for hydroxylation is 1. The Hall–Kier alpha value is -2.85. The van der Waals surface area contributed by atoms with Gasteiger partial charge >= 0.3 is 6.03 Å². The molecule has 0 aliphatic heterocycles. The summed E-state index contributed by atoms with van der Waals surface area (Å²) in [6, 6.07) is 25.4. The first-order chi connectivity index (χ1) is 13.1. The van der Waals surface area contributed by atoms with Crippen LogP contribution in [0.15, 0.2) is 89.4 Å². The lowest BCUT2D eigenvalue weighted by Crippen LogP contribution is -2.35. The highest BCUT2D eigenvalue weighted by Crippen LogP contribution is 2.19. The van der Waals surface area contributed by atoms with Gasteiger partial charge in [0.1, 0.15) is 0 Å². The van der Waals surface area contributed by atoms with E-state index >= 15 is 0 Å². The number of halogens is 1. The Morgan fingerprint density at radius 3 is 2.30 bits per heavy atom. The molecule has 1 N–H and O–H groups in total. The molecule has 3 aromatic rings. The largest absolute Gasteiger partial charge is 0.326 e. The fourth-order valence-electron chi connectivity index (χ4n) is 2.61. The van der Waals surface area contributed by atoms with E-state index in [-0.39, 0.29) is 6.03 Å². The molecular weight excluding hydrogens is 400 g/mol. The van der Waals surface area contributed by atoms with E-state index in [1.807, 2.05) is 97.9 Å². The van der Waals surface area contributed by atoms with Gasteiger partial charge in [-0.3, -0.25) is 4.90 Å². The molecule has 0 heterocycles. The van der Waals surface area contributed by atoms with Crippen molar-refractivity contribution in [3.8, 4) is 0 Å². The Kier molecular flexibility index (Phi) is 6.44. The lowest BCUT2D eigenvalue weighted by atomic mass is 10.2. The fraction of sp³-hybridized carbons (Fsp3) is 0.0870. The normalized spacial score (nSPS) is 10.7. The Morgan fingerprint density at radius 1 is 0.963 bits per heavy atom. The number of benzene rings is 3. The summed E-state index contributed by atoms with van der Waals surface area (Å²) >= 11 is 3.41. The van der Waals surface area contributed by atoms with Gasteiger partial charge in [0.05, 0.1) is 0 Å². The van der Waals surface area contributed by atoms with E-state index in [0.29, 0.717) is 6.54 Å². The molecule has 0 spiro atoms. The van der Waals surface area contributed by atoms with Crippen molar-refractivity contribution >= 4 is 39.4 Å². The molecule has 0 atom stereocenters. The second kappa shape index (κ2) is 9.19. The molecule has 0 radical (unpaired) electrons. The van der Waals surface area contributed by atoms with Crippen LogP contribution in [0.1, 0.15) is 11.1 Å². The molecule has 3 rings (SSSR count). The minimum atomic E-state index is -0.168. The van der Waals surface area contributed by atoms with E-state index in [2.05, 4.69) is 21.2 Å². The fourth-order valence-corrected chi connectivity index (χ4v) is 2.88. The Morgan fingerprint density at radius 2 is 1.63 bits per heavy atom. The van der Waals surface area contributed by atoms with Crippen molar-refractivity contribution in [2.24, 2.45) is 0 Å². The van der Waals surface area contributed by atoms with Crippen molar-refractivity contribution in [3.05, 3.63) is 101 Å². The maximum absolute atomic E-state index is 12.9. The summed E-state index contributed by atoms with van der Waals surface area (Å²) in [5, 5.41) is 2.96. The molecule has 2 amide bonds. The topological polar surface area (TPSA) is 32.3 Å². The maximum Gasteiger partial charge on any atom is 0.326 e. The maximum atomic E-state index is 12.9. The van der Waals surface area contributed by atoms with Crippen LogP contribution in [-0.4, -0.2) is 12.6 Å². The molecule has 0 aliphatic rings. The van der Waals surface area contributed by atoms with Crippen molar-refractivity contribution < 1.29 is 4.79 Å². The van der Waals surface area contributed by atoms with Crippen molar-refractivity contribution in [1.29, 1.82) is 0 Å². The number of carbonyl (C=O) groups is 1. The van der Waals surface area contributed by atoms with Crippen molar-refractivity contribution in [2.45, 2.75) is 6.92 Å². The molecule has 0 bridgehead atoms. The highest BCUT2D eigenvalue weighted by Gasteiger charge is 2.14. The van der Waals surface area contributed by atoms with E-state index < -0.39 is 0 Å². The zero-order valence-corrected chi connectivity index (χ0v) is 16.7. The van der Waals surface area contributed by atoms with Crippen LogP contribution >= 0.6 is 15.9 Å². The van der Waals surface area contributed by atoms with E-state index in [0.717, 1.165) is 27.0 Å². The van der Waals surface area contributed by atoms with E-state index in [4.69, 9.17) is 0 Å². The number of nitrogens with zero attached hydrogens (tertiary/aromatic N) is 1. The van der Waals surface area contributed by atoms with Crippen LogP contribution in [0.5, 0.6) is 0 Å². The number of hydrogen-bond donors (Lipinski definition) is 1. The minimum absolute atomic E-state index is 0.168. The number of urea groups is 1. The van der Waals surface area contributed by atoms with Crippen LogP contribution in [0.2, 0.25) is 0 Å². The molecule has 0 unspecified atom stereocenters. The van der Waals surface area contributed by atoms with E-state index in [9.17, 15) is 4.79 Å². The molecular formula is C23H21BrN2O. The summed E-state index contributed by atoms with van der Waals surface area (Å²) in [7, 11) is 0. The van der Waals surface area contributed by atoms with Crippen LogP contribution in [0, 0.1) is 6.92 Å². The third-order valence-corrected chi connectivity index (χ3v) is 4.61. The predicted octanol–water partition coefficient (Wildman–Crippen LogP) is 6.51. The summed E-state index contributed by atoms with van der Waals surface area (Å²) in [4.78, 5) is 14.6. The average Bonchev–Trinajstić information content (AvgIpc) is 2.69.